The van der Waals surface area contributed by atoms with E-state index in [4.69, 9.17) is 10.5 Å². The summed E-state index contributed by atoms with van der Waals surface area (Å²) in [5, 5.41) is 7.37. The van der Waals surface area contributed by atoms with Crippen molar-refractivity contribution < 1.29 is 9.53 Å². The van der Waals surface area contributed by atoms with Crippen molar-refractivity contribution in [2.75, 3.05) is 12.8 Å². The maximum Gasteiger partial charge on any atom is 0.257 e. The van der Waals surface area contributed by atoms with Crippen LogP contribution >= 0.6 is 0 Å². The average Bonchev–Trinajstić information content (AvgIpc) is 3.15. The van der Waals surface area contributed by atoms with Gasteiger partial charge in [-0.3, -0.25) is 9.78 Å². The van der Waals surface area contributed by atoms with Crippen LogP contribution in [-0.4, -0.2) is 38.9 Å². The summed E-state index contributed by atoms with van der Waals surface area (Å²) < 4.78 is 6.60. The zero-order valence-electron chi connectivity index (χ0n) is 18.3. The largest absolute Gasteiger partial charge is 0.497 e. The number of nitrogens with two attached hydrogens (primary N) is 1. The van der Waals surface area contributed by atoms with Crippen LogP contribution in [0, 0.1) is 0 Å². The second kappa shape index (κ2) is 8.99. The fraction of sp³-hybridized carbons (Fsp3) is 0.0800. The van der Waals surface area contributed by atoms with Gasteiger partial charge in [-0.2, -0.15) is 9.78 Å². The number of aromatic nitrogens is 4. The molecule has 2 aromatic carbocycles. The fourth-order valence-corrected chi connectivity index (χ4v) is 3.57. The lowest BCUT2D eigenvalue weighted by Crippen LogP contribution is -2.23. The summed E-state index contributed by atoms with van der Waals surface area (Å²) in [4.78, 5) is 26.8. The number of pyridine rings is 1. The number of methoxy groups -OCH3 is 1. The van der Waals surface area contributed by atoms with Crippen molar-refractivity contribution in [1.82, 2.24) is 24.9 Å². The number of nitrogens with zero attached hydrogens (tertiary/aromatic N) is 5. The number of anilines is 1. The number of hydrogen-bond donors (Lipinski definition) is 2. The summed E-state index contributed by atoms with van der Waals surface area (Å²) in [5.74, 6) is 0.523. The third-order valence-corrected chi connectivity index (χ3v) is 5.31. The van der Waals surface area contributed by atoms with Crippen molar-refractivity contribution in [3.8, 4) is 5.75 Å². The van der Waals surface area contributed by atoms with Gasteiger partial charge in [-0.25, -0.2) is 9.97 Å². The minimum absolute atomic E-state index is 0.143. The van der Waals surface area contributed by atoms with Crippen molar-refractivity contribution in [3.05, 3.63) is 89.7 Å². The predicted octanol–water partition coefficient (Wildman–Crippen LogP) is 3.38. The highest BCUT2D eigenvalue weighted by Gasteiger charge is 2.24. The molecule has 0 fully saturated rings. The molecule has 0 aliphatic carbocycles. The molecule has 0 spiro atoms. The number of nitrogen functional groups attached to an aromatic ring is 1. The van der Waals surface area contributed by atoms with Crippen molar-refractivity contribution in [3.63, 3.8) is 0 Å². The van der Waals surface area contributed by atoms with Gasteiger partial charge in [-0.1, -0.05) is 30.3 Å². The van der Waals surface area contributed by atoms with Crippen LogP contribution in [0.1, 0.15) is 21.6 Å². The summed E-state index contributed by atoms with van der Waals surface area (Å²) in [6.45, 7) is 0.313. The van der Waals surface area contributed by atoms with E-state index in [1.165, 1.54) is 4.68 Å². The van der Waals surface area contributed by atoms with Gasteiger partial charge < -0.3 is 15.8 Å². The van der Waals surface area contributed by atoms with Crippen molar-refractivity contribution in [2.45, 2.75) is 6.54 Å². The second-order valence-electron chi connectivity index (χ2n) is 7.49. The monoisotopic (exact) mass is 451 g/mol. The molecular weight excluding hydrogens is 430 g/mol. The van der Waals surface area contributed by atoms with Gasteiger partial charge in [-0.05, 0) is 42.0 Å². The molecule has 0 saturated heterocycles. The number of carbonyl (C=O) groups excluding carboxylic acids is 1. The van der Waals surface area contributed by atoms with E-state index in [-0.39, 0.29) is 17.3 Å². The SMILES string of the molecule is COc1ccc(CNC(=O)c2c(N)n(/N=C/c3ccccn3)c3nc4ccccc4nc23)cc1. The Morgan fingerprint density at radius 2 is 1.79 bits per heavy atom. The molecule has 0 aliphatic heterocycles. The fourth-order valence-electron chi connectivity index (χ4n) is 3.57. The molecule has 0 radical (unpaired) electrons. The van der Waals surface area contributed by atoms with E-state index in [1.54, 1.807) is 19.5 Å². The molecule has 3 aromatic heterocycles. The van der Waals surface area contributed by atoms with Crippen LogP contribution in [0.15, 0.2) is 78.0 Å². The minimum Gasteiger partial charge on any atom is -0.497 e. The molecule has 0 unspecified atom stereocenters. The molecule has 9 heteroatoms. The van der Waals surface area contributed by atoms with Gasteiger partial charge in [0.05, 0.1) is 30.1 Å². The van der Waals surface area contributed by atoms with Gasteiger partial charge in [0.15, 0.2) is 5.65 Å². The molecule has 0 aliphatic rings. The predicted molar refractivity (Wildman–Crippen MR) is 131 cm³/mol. The zero-order valence-corrected chi connectivity index (χ0v) is 18.3. The van der Waals surface area contributed by atoms with Gasteiger partial charge in [0, 0.05) is 12.7 Å². The topological polar surface area (TPSA) is 120 Å². The van der Waals surface area contributed by atoms with E-state index in [9.17, 15) is 4.79 Å². The first-order valence-corrected chi connectivity index (χ1v) is 10.6. The van der Waals surface area contributed by atoms with Gasteiger partial charge in [-0.15, -0.1) is 0 Å². The van der Waals surface area contributed by atoms with Crippen LogP contribution in [0.2, 0.25) is 0 Å². The molecule has 0 bridgehead atoms. The van der Waals surface area contributed by atoms with Crippen LogP contribution in [0.25, 0.3) is 22.2 Å². The van der Waals surface area contributed by atoms with Gasteiger partial charge in [0.25, 0.3) is 5.91 Å². The Labute approximate surface area is 194 Å². The molecule has 5 aromatic rings. The number of rotatable bonds is 6. The number of amides is 1. The maximum atomic E-state index is 13.2. The van der Waals surface area contributed by atoms with Crippen molar-refractivity contribution >= 4 is 40.1 Å². The Kier molecular flexibility index (Phi) is 5.57. The van der Waals surface area contributed by atoms with Crippen molar-refractivity contribution in [2.24, 2.45) is 5.10 Å². The van der Waals surface area contributed by atoms with Crippen LogP contribution in [0.3, 0.4) is 0 Å². The first-order chi connectivity index (χ1) is 16.6. The molecule has 1 amide bonds. The number of hydrogen-bond acceptors (Lipinski definition) is 7. The van der Waals surface area contributed by atoms with E-state index < -0.39 is 0 Å². The third kappa shape index (κ3) is 4.02. The molecule has 0 atom stereocenters. The minimum atomic E-state index is -0.366. The van der Waals surface area contributed by atoms with Crippen LogP contribution < -0.4 is 15.8 Å². The molecule has 0 saturated carbocycles. The summed E-state index contributed by atoms with van der Waals surface area (Å²) in [6, 6.07) is 20.4. The summed E-state index contributed by atoms with van der Waals surface area (Å²) >= 11 is 0. The van der Waals surface area contributed by atoms with Gasteiger partial charge in [0.1, 0.15) is 22.6 Å². The Balaban J connectivity index is 1.55. The molecule has 168 valence electrons. The average molecular weight is 451 g/mol. The van der Waals surface area contributed by atoms with E-state index in [0.717, 1.165) is 11.3 Å². The second-order valence-corrected chi connectivity index (χ2v) is 7.49. The number of benzene rings is 2. The highest BCUT2D eigenvalue weighted by molar-refractivity contribution is 6.10. The van der Waals surface area contributed by atoms with E-state index >= 15 is 0 Å². The lowest BCUT2D eigenvalue weighted by Gasteiger charge is -2.06. The summed E-state index contributed by atoms with van der Waals surface area (Å²) in [6.07, 6.45) is 3.23. The van der Waals surface area contributed by atoms with Crippen LogP contribution in [0.4, 0.5) is 5.82 Å². The lowest BCUT2D eigenvalue weighted by molar-refractivity contribution is 0.0953. The molecular formula is C25H21N7O2. The first-order valence-electron chi connectivity index (χ1n) is 10.6. The zero-order chi connectivity index (χ0) is 23.5. The Hall–Kier alpha value is -4.79. The molecule has 3 N–H and O–H groups in total. The van der Waals surface area contributed by atoms with Crippen LogP contribution in [0.5, 0.6) is 5.75 Å². The Morgan fingerprint density at radius 1 is 1.06 bits per heavy atom. The van der Waals surface area contributed by atoms with Crippen LogP contribution in [-0.2, 0) is 6.54 Å². The Bertz CT molecular complexity index is 1510. The third-order valence-electron chi connectivity index (χ3n) is 5.31. The molecule has 3 heterocycles. The number of ether oxygens (including phenoxy) is 1. The molecule has 34 heavy (non-hydrogen) atoms. The smallest absolute Gasteiger partial charge is 0.257 e. The highest BCUT2D eigenvalue weighted by Crippen LogP contribution is 2.28. The molecule has 5 rings (SSSR count). The van der Waals surface area contributed by atoms with E-state index in [2.05, 4.69) is 25.4 Å². The summed E-state index contributed by atoms with van der Waals surface area (Å²) in [7, 11) is 1.61. The first kappa shape index (κ1) is 21.1. The van der Waals surface area contributed by atoms with Crippen molar-refractivity contribution in [1.29, 1.82) is 0 Å². The van der Waals surface area contributed by atoms with E-state index in [0.29, 0.717) is 34.4 Å². The number of para-hydroxylation sites is 2. The lowest BCUT2D eigenvalue weighted by atomic mass is 10.2. The summed E-state index contributed by atoms with van der Waals surface area (Å²) in [5.41, 5.74) is 10.3. The number of nitrogens with one attached hydrogen (secondary N) is 1. The van der Waals surface area contributed by atoms with Gasteiger partial charge in [0.2, 0.25) is 0 Å². The highest BCUT2D eigenvalue weighted by atomic mass is 16.5. The number of fused-ring (bicyclic) bond motifs is 2. The van der Waals surface area contributed by atoms with Gasteiger partial charge >= 0.3 is 0 Å². The van der Waals surface area contributed by atoms with E-state index in [1.807, 2.05) is 66.7 Å². The standard InChI is InChI=1S/C25H21N7O2/c1-34-18-11-9-16(10-12-18)14-28-25(33)21-22-24(31-20-8-3-2-7-19(20)30-22)32(23(21)26)29-15-17-6-4-5-13-27-17/h2-13,15H,14,26H2,1H3,(H,28,33)/b29-15+. The quantitative estimate of drug-likeness (QED) is 0.382. The Morgan fingerprint density at radius 3 is 2.50 bits per heavy atom. The maximum absolute atomic E-state index is 13.2. The number of carbonyl (C=O) groups is 1. The molecule has 9 nitrogen and oxygen atoms in total. The normalized spacial score (nSPS) is 11.3.